The Kier molecular flexibility index (Phi) is 6.33. The van der Waals surface area contributed by atoms with E-state index in [9.17, 15) is 0 Å². The molecule has 0 heterocycles. The lowest BCUT2D eigenvalue weighted by atomic mass is 9.78. The number of rotatable bonds is 8. The molecule has 3 nitrogen and oxygen atoms in total. The molecule has 1 rings (SSSR count). The van der Waals surface area contributed by atoms with Crippen molar-refractivity contribution < 1.29 is 4.74 Å². The number of nitrogens with one attached hydrogen (secondary N) is 1. The molecule has 106 valence electrons. The maximum absolute atomic E-state index is 5.20. The first-order valence-corrected chi connectivity index (χ1v) is 7.07. The molecule has 0 radical (unpaired) electrons. The second-order valence-corrected chi connectivity index (χ2v) is 6.31. The monoisotopic (exact) mass is 254 g/mol. The summed E-state index contributed by atoms with van der Waals surface area (Å²) in [5.41, 5.74) is 0.218. The van der Waals surface area contributed by atoms with Gasteiger partial charge in [-0.3, -0.25) is 4.90 Å². The van der Waals surface area contributed by atoms with Crippen LogP contribution in [0.3, 0.4) is 0 Å². The molecule has 0 bridgehead atoms. The number of hydrogen-bond donors (Lipinski definition) is 1. The zero-order valence-corrected chi connectivity index (χ0v) is 12.5. The number of ether oxygens (including phenoxy) is 1. The molecule has 1 N–H and O–H groups in total. The predicted molar refractivity (Wildman–Crippen MR) is 77.9 cm³/mol. The van der Waals surface area contributed by atoms with Crippen LogP contribution in [0.4, 0.5) is 0 Å². The lowest BCUT2D eigenvalue weighted by Gasteiger charge is -2.45. The summed E-state index contributed by atoms with van der Waals surface area (Å²) >= 11 is 0. The van der Waals surface area contributed by atoms with E-state index in [-0.39, 0.29) is 5.54 Å². The van der Waals surface area contributed by atoms with Gasteiger partial charge < -0.3 is 10.1 Å². The summed E-state index contributed by atoms with van der Waals surface area (Å²) in [7, 11) is 1.77. The molecular weight excluding hydrogens is 224 g/mol. The van der Waals surface area contributed by atoms with Gasteiger partial charge in [0.15, 0.2) is 0 Å². The van der Waals surface area contributed by atoms with E-state index in [1.807, 2.05) is 6.08 Å². The third kappa shape index (κ3) is 5.09. The van der Waals surface area contributed by atoms with Gasteiger partial charge >= 0.3 is 0 Å². The molecule has 18 heavy (non-hydrogen) atoms. The van der Waals surface area contributed by atoms with Gasteiger partial charge in [-0.05, 0) is 46.1 Å². The normalized spacial score (nSPS) is 24.1. The lowest BCUT2D eigenvalue weighted by molar-refractivity contribution is 0.0458. The average molecular weight is 254 g/mol. The molecule has 1 aliphatic carbocycles. The van der Waals surface area contributed by atoms with Crippen molar-refractivity contribution in [1.82, 2.24) is 10.2 Å². The molecule has 1 aliphatic rings. The molecule has 1 saturated carbocycles. The van der Waals surface area contributed by atoms with Crippen LogP contribution in [0.5, 0.6) is 0 Å². The highest BCUT2D eigenvalue weighted by molar-refractivity contribution is 4.93. The Bertz CT molecular complexity index is 247. The predicted octanol–water partition coefficient (Wildman–Crippen LogP) is 2.29. The van der Waals surface area contributed by atoms with Crippen molar-refractivity contribution in [1.29, 1.82) is 0 Å². The van der Waals surface area contributed by atoms with Crippen molar-refractivity contribution in [3.63, 3.8) is 0 Å². The van der Waals surface area contributed by atoms with Crippen LogP contribution in [0.1, 0.15) is 33.6 Å². The SMILES string of the molecule is C=CCN(CCOC)C1CCC1CNC(C)(C)C. The molecule has 3 heteroatoms. The highest BCUT2D eigenvalue weighted by atomic mass is 16.5. The van der Waals surface area contributed by atoms with Crippen molar-refractivity contribution in [3.05, 3.63) is 12.7 Å². The van der Waals surface area contributed by atoms with Crippen LogP contribution in [-0.4, -0.2) is 49.8 Å². The molecule has 0 aromatic heterocycles. The van der Waals surface area contributed by atoms with Crippen molar-refractivity contribution in [2.45, 2.75) is 45.2 Å². The summed E-state index contributed by atoms with van der Waals surface area (Å²) in [5, 5.41) is 3.62. The molecule has 0 amide bonds. The minimum absolute atomic E-state index is 0.218. The molecule has 2 unspecified atom stereocenters. The molecule has 0 spiro atoms. The van der Waals surface area contributed by atoms with E-state index in [0.29, 0.717) is 6.04 Å². The smallest absolute Gasteiger partial charge is 0.0589 e. The van der Waals surface area contributed by atoms with Gasteiger partial charge in [0.25, 0.3) is 0 Å². The Labute approximate surface area is 113 Å². The van der Waals surface area contributed by atoms with Crippen molar-refractivity contribution in [3.8, 4) is 0 Å². The van der Waals surface area contributed by atoms with Crippen LogP contribution in [0.2, 0.25) is 0 Å². The Balaban J connectivity index is 2.40. The first-order valence-electron chi connectivity index (χ1n) is 7.07. The van der Waals surface area contributed by atoms with Gasteiger partial charge in [-0.25, -0.2) is 0 Å². The summed E-state index contributed by atoms with van der Waals surface area (Å²) in [5.74, 6) is 0.779. The van der Waals surface area contributed by atoms with E-state index in [4.69, 9.17) is 4.74 Å². The molecule has 1 fully saturated rings. The van der Waals surface area contributed by atoms with Crippen molar-refractivity contribution in [2.75, 3.05) is 33.4 Å². The first-order chi connectivity index (χ1) is 8.48. The van der Waals surface area contributed by atoms with Gasteiger partial charge in [-0.15, -0.1) is 6.58 Å². The van der Waals surface area contributed by atoms with E-state index in [2.05, 4.69) is 37.6 Å². The largest absolute Gasteiger partial charge is 0.383 e. The quantitative estimate of drug-likeness (QED) is 0.673. The molecule has 2 atom stereocenters. The fourth-order valence-corrected chi connectivity index (χ4v) is 2.47. The highest BCUT2D eigenvalue weighted by Crippen LogP contribution is 2.32. The fourth-order valence-electron chi connectivity index (χ4n) is 2.47. The first kappa shape index (κ1) is 15.7. The third-order valence-corrected chi connectivity index (χ3v) is 3.69. The summed E-state index contributed by atoms with van der Waals surface area (Å²) in [6.07, 6.45) is 4.66. The Morgan fingerprint density at radius 2 is 2.11 bits per heavy atom. The minimum atomic E-state index is 0.218. The molecule has 0 aromatic carbocycles. The van der Waals surface area contributed by atoms with Gasteiger partial charge in [-0.1, -0.05) is 6.08 Å². The van der Waals surface area contributed by atoms with Gasteiger partial charge in [0.2, 0.25) is 0 Å². The van der Waals surface area contributed by atoms with Gasteiger partial charge in [0.05, 0.1) is 6.61 Å². The minimum Gasteiger partial charge on any atom is -0.383 e. The van der Waals surface area contributed by atoms with E-state index in [1.165, 1.54) is 12.8 Å². The molecule has 0 aliphatic heterocycles. The van der Waals surface area contributed by atoms with Crippen LogP contribution in [0.25, 0.3) is 0 Å². The topological polar surface area (TPSA) is 24.5 Å². The molecular formula is C15H30N2O. The zero-order chi connectivity index (χ0) is 13.6. The maximum Gasteiger partial charge on any atom is 0.0589 e. The standard InChI is InChI=1S/C15H30N2O/c1-6-9-17(10-11-18-5)14-8-7-13(14)12-16-15(2,3)4/h6,13-14,16H,1,7-12H2,2-5H3. The number of hydrogen-bond acceptors (Lipinski definition) is 3. The van der Waals surface area contributed by atoms with Gasteiger partial charge in [0, 0.05) is 31.8 Å². The maximum atomic E-state index is 5.20. The van der Waals surface area contributed by atoms with Gasteiger partial charge in [0.1, 0.15) is 0 Å². The fraction of sp³-hybridized carbons (Fsp3) is 0.867. The Morgan fingerprint density at radius 1 is 1.39 bits per heavy atom. The summed E-state index contributed by atoms with van der Waals surface area (Å²) in [6, 6.07) is 0.702. The summed E-state index contributed by atoms with van der Waals surface area (Å²) in [6.45, 7) is 14.5. The molecule has 0 aromatic rings. The van der Waals surface area contributed by atoms with Crippen LogP contribution in [0.15, 0.2) is 12.7 Å². The van der Waals surface area contributed by atoms with Crippen molar-refractivity contribution >= 4 is 0 Å². The lowest BCUT2D eigenvalue weighted by Crippen LogP contribution is -2.53. The summed E-state index contributed by atoms with van der Waals surface area (Å²) in [4.78, 5) is 2.51. The second kappa shape index (κ2) is 7.27. The van der Waals surface area contributed by atoms with Crippen LogP contribution >= 0.6 is 0 Å². The average Bonchev–Trinajstić information content (AvgIpc) is 2.23. The van der Waals surface area contributed by atoms with E-state index in [0.717, 1.165) is 32.2 Å². The zero-order valence-electron chi connectivity index (χ0n) is 12.5. The van der Waals surface area contributed by atoms with E-state index >= 15 is 0 Å². The van der Waals surface area contributed by atoms with Gasteiger partial charge in [-0.2, -0.15) is 0 Å². The molecule has 0 saturated heterocycles. The van der Waals surface area contributed by atoms with Crippen LogP contribution < -0.4 is 5.32 Å². The Hall–Kier alpha value is -0.380. The Morgan fingerprint density at radius 3 is 2.56 bits per heavy atom. The van der Waals surface area contributed by atoms with E-state index in [1.54, 1.807) is 7.11 Å². The van der Waals surface area contributed by atoms with E-state index < -0.39 is 0 Å². The highest BCUT2D eigenvalue weighted by Gasteiger charge is 2.35. The summed E-state index contributed by atoms with van der Waals surface area (Å²) < 4.78 is 5.20. The van der Waals surface area contributed by atoms with Crippen LogP contribution in [-0.2, 0) is 4.74 Å². The number of methoxy groups -OCH3 is 1. The number of nitrogens with zero attached hydrogens (tertiary/aromatic N) is 1. The third-order valence-electron chi connectivity index (χ3n) is 3.69. The van der Waals surface area contributed by atoms with Crippen molar-refractivity contribution in [2.24, 2.45) is 5.92 Å². The van der Waals surface area contributed by atoms with Crippen LogP contribution in [0, 0.1) is 5.92 Å². The second-order valence-electron chi connectivity index (χ2n) is 6.31.